The maximum absolute atomic E-state index is 13.0. The number of aryl methyl sites for hydroxylation is 1. The molecule has 2 aromatic rings. The Morgan fingerprint density at radius 3 is 2.81 bits per heavy atom. The van der Waals surface area contributed by atoms with Crippen LogP contribution in [0.1, 0.15) is 31.2 Å². The van der Waals surface area contributed by atoms with Gasteiger partial charge in [0.15, 0.2) is 0 Å². The Hall–Kier alpha value is -2.14. The fourth-order valence-corrected chi connectivity index (χ4v) is 4.49. The summed E-state index contributed by atoms with van der Waals surface area (Å²) in [7, 11) is 0. The van der Waals surface area contributed by atoms with Crippen molar-refractivity contribution in [2.75, 3.05) is 19.6 Å². The van der Waals surface area contributed by atoms with Crippen molar-refractivity contribution in [3.05, 3.63) is 54.1 Å². The third-order valence-corrected chi connectivity index (χ3v) is 5.78. The summed E-state index contributed by atoms with van der Waals surface area (Å²) < 4.78 is 2.00. The maximum Gasteiger partial charge on any atom is 0.242 e. The molecular weight excluding hydrogens is 324 g/mol. The molecule has 2 atom stereocenters. The van der Waals surface area contributed by atoms with Crippen LogP contribution in [-0.2, 0) is 24.3 Å². The summed E-state index contributed by atoms with van der Waals surface area (Å²) in [6.07, 6.45) is 6.95. The highest BCUT2D eigenvalue weighted by Crippen LogP contribution is 2.29. The van der Waals surface area contributed by atoms with E-state index in [0.717, 1.165) is 44.8 Å². The number of imidazole rings is 1. The molecule has 0 spiro atoms. The molecule has 3 saturated heterocycles. The van der Waals surface area contributed by atoms with Crippen LogP contribution in [0.15, 0.2) is 42.7 Å². The van der Waals surface area contributed by atoms with Crippen molar-refractivity contribution in [2.24, 2.45) is 5.92 Å². The fraction of sp³-hybridized carbons (Fsp3) is 0.524. The quantitative estimate of drug-likeness (QED) is 0.830. The van der Waals surface area contributed by atoms with Crippen LogP contribution in [0.25, 0.3) is 0 Å². The molecule has 1 aromatic carbocycles. The first kappa shape index (κ1) is 17.3. The van der Waals surface area contributed by atoms with Crippen LogP contribution in [0.4, 0.5) is 0 Å². The second-order valence-corrected chi connectivity index (χ2v) is 7.65. The predicted molar refractivity (Wildman–Crippen MR) is 102 cm³/mol. The smallest absolute Gasteiger partial charge is 0.242 e. The highest BCUT2D eigenvalue weighted by atomic mass is 16.2. The van der Waals surface area contributed by atoms with E-state index in [1.54, 1.807) is 6.20 Å². The zero-order valence-electron chi connectivity index (χ0n) is 15.6. The summed E-state index contributed by atoms with van der Waals surface area (Å²) in [5, 5.41) is 0. The average Bonchev–Trinajstić information content (AvgIpc) is 2.92. The number of fused-ring (bicyclic) bond motifs is 4. The number of benzene rings is 1. The normalized spacial score (nSPS) is 23.2. The van der Waals surface area contributed by atoms with Crippen LogP contribution >= 0.6 is 0 Å². The first-order chi connectivity index (χ1) is 12.7. The molecular formula is C21H28N4O. The van der Waals surface area contributed by atoms with E-state index in [1.807, 2.05) is 10.8 Å². The predicted octanol–water partition coefficient (Wildman–Crippen LogP) is 2.57. The number of hydrogen-bond acceptors (Lipinski definition) is 3. The van der Waals surface area contributed by atoms with Crippen LogP contribution in [-0.4, -0.2) is 50.9 Å². The summed E-state index contributed by atoms with van der Waals surface area (Å²) in [5.74, 6) is 1.83. The second-order valence-electron chi connectivity index (χ2n) is 7.65. The number of amides is 1. The number of carbonyl (C=O) groups is 1. The first-order valence-corrected chi connectivity index (χ1v) is 9.78. The minimum Gasteiger partial charge on any atom is -0.337 e. The zero-order valence-corrected chi connectivity index (χ0v) is 15.6. The minimum absolute atomic E-state index is 0.244. The molecule has 5 rings (SSSR count). The standard InChI is InChI=1S/C21H28N4O/c1-2-20-22-10-11-24(20)16-21(26)25-14-18-8-9-19(25)15-23(13-18)12-17-6-4-3-5-7-17/h3-7,10-11,18-19H,2,8-9,12-16H2,1H3/t18-,19+/m0/s1. The lowest BCUT2D eigenvalue weighted by Gasteiger charge is -2.36. The molecule has 138 valence electrons. The van der Waals surface area contributed by atoms with Crippen LogP contribution in [0.5, 0.6) is 0 Å². The highest BCUT2D eigenvalue weighted by Gasteiger charge is 2.37. The lowest BCUT2D eigenvalue weighted by Crippen LogP contribution is -2.48. The first-order valence-electron chi connectivity index (χ1n) is 9.78. The average molecular weight is 352 g/mol. The molecule has 3 aliphatic heterocycles. The van der Waals surface area contributed by atoms with E-state index in [4.69, 9.17) is 0 Å². The van der Waals surface area contributed by atoms with Gasteiger partial charge in [0.1, 0.15) is 12.4 Å². The lowest BCUT2D eigenvalue weighted by atomic mass is 9.95. The van der Waals surface area contributed by atoms with Gasteiger partial charge in [0.05, 0.1) is 0 Å². The van der Waals surface area contributed by atoms with Crippen LogP contribution in [0, 0.1) is 5.92 Å². The number of rotatable bonds is 5. The molecule has 5 nitrogen and oxygen atoms in total. The number of carbonyl (C=O) groups excluding carboxylic acids is 1. The van der Waals surface area contributed by atoms with Gasteiger partial charge in [-0.1, -0.05) is 37.3 Å². The number of piperidine rings is 1. The van der Waals surface area contributed by atoms with Crippen molar-refractivity contribution >= 4 is 5.91 Å². The molecule has 0 N–H and O–H groups in total. The number of hydrogen-bond donors (Lipinski definition) is 0. The largest absolute Gasteiger partial charge is 0.337 e. The van der Waals surface area contributed by atoms with Crippen LogP contribution in [0.2, 0.25) is 0 Å². The number of nitrogens with zero attached hydrogens (tertiary/aromatic N) is 4. The van der Waals surface area contributed by atoms with Gasteiger partial charge in [-0.25, -0.2) is 4.98 Å². The van der Waals surface area contributed by atoms with E-state index >= 15 is 0 Å². The Morgan fingerprint density at radius 1 is 1.15 bits per heavy atom. The molecule has 4 heterocycles. The van der Waals surface area contributed by atoms with Gasteiger partial charge in [-0.3, -0.25) is 9.69 Å². The fourth-order valence-electron chi connectivity index (χ4n) is 4.49. The van der Waals surface area contributed by atoms with Gasteiger partial charge in [-0.15, -0.1) is 0 Å². The molecule has 1 amide bonds. The van der Waals surface area contributed by atoms with E-state index < -0.39 is 0 Å². The Balaban J connectivity index is 1.43. The van der Waals surface area contributed by atoms with Crippen molar-refractivity contribution in [1.29, 1.82) is 0 Å². The van der Waals surface area contributed by atoms with E-state index in [-0.39, 0.29) is 5.91 Å². The molecule has 2 bridgehead atoms. The van der Waals surface area contributed by atoms with E-state index in [0.29, 0.717) is 18.5 Å². The molecule has 0 aliphatic carbocycles. The molecule has 3 aliphatic rings. The van der Waals surface area contributed by atoms with Gasteiger partial charge in [0.25, 0.3) is 0 Å². The minimum atomic E-state index is 0.244. The molecule has 0 saturated carbocycles. The topological polar surface area (TPSA) is 41.4 Å². The summed E-state index contributed by atoms with van der Waals surface area (Å²) in [6.45, 7) is 6.48. The van der Waals surface area contributed by atoms with Crippen LogP contribution < -0.4 is 0 Å². The molecule has 0 radical (unpaired) electrons. The highest BCUT2D eigenvalue weighted by molar-refractivity contribution is 5.76. The summed E-state index contributed by atoms with van der Waals surface area (Å²) >= 11 is 0. The summed E-state index contributed by atoms with van der Waals surface area (Å²) in [4.78, 5) is 22.0. The SMILES string of the molecule is CCc1nccn1CC(=O)N1C[C@H]2CC[C@@H]1CN(Cc1ccccc1)C2. The van der Waals surface area contributed by atoms with Gasteiger partial charge in [-0.2, -0.15) is 0 Å². The van der Waals surface area contributed by atoms with Crippen molar-refractivity contribution in [3.8, 4) is 0 Å². The van der Waals surface area contributed by atoms with Crippen molar-refractivity contribution in [2.45, 2.75) is 45.3 Å². The molecule has 5 heteroatoms. The molecule has 3 fully saturated rings. The van der Waals surface area contributed by atoms with E-state index in [1.165, 1.54) is 12.0 Å². The lowest BCUT2D eigenvalue weighted by molar-refractivity contribution is -0.136. The Morgan fingerprint density at radius 2 is 2.00 bits per heavy atom. The third-order valence-electron chi connectivity index (χ3n) is 5.78. The summed E-state index contributed by atoms with van der Waals surface area (Å²) in [5.41, 5.74) is 1.36. The Bertz CT molecular complexity index is 741. The van der Waals surface area contributed by atoms with Gasteiger partial charge in [0, 0.05) is 51.0 Å². The summed E-state index contributed by atoms with van der Waals surface area (Å²) in [6, 6.07) is 11.0. The van der Waals surface area contributed by atoms with Crippen molar-refractivity contribution in [1.82, 2.24) is 19.4 Å². The molecule has 1 aromatic heterocycles. The Labute approximate surface area is 155 Å². The van der Waals surface area contributed by atoms with Crippen molar-refractivity contribution in [3.63, 3.8) is 0 Å². The monoisotopic (exact) mass is 352 g/mol. The van der Waals surface area contributed by atoms with Gasteiger partial charge in [-0.05, 0) is 24.3 Å². The Kier molecular flexibility index (Phi) is 5.07. The van der Waals surface area contributed by atoms with Gasteiger partial charge >= 0.3 is 0 Å². The van der Waals surface area contributed by atoms with Crippen LogP contribution in [0.3, 0.4) is 0 Å². The van der Waals surface area contributed by atoms with Crippen molar-refractivity contribution < 1.29 is 4.79 Å². The molecule has 26 heavy (non-hydrogen) atoms. The van der Waals surface area contributed by atoms with Gasteiger partial charge in [0.2, 0.25) is 5.91 Å². The maximum atomic E-state index is 13.0. The zero-order chi connectivity index (χ0) is 17.9. The van der Waals surface area contributed by atoms with E-state index in [9.17, 15) is 4.79 Å². The molecule has 0 unspecified atom stereocenters. The van der Waals surface area contributed by atoms with E-state index in [2.05, 4.69) is 52.0 Å². The van der Waals surface area contributed by atoms with Gasteiger partial charge < -0.3 is 9.47 Å². The second kappa shape index (κ2) is 7.62. The number of aromatic nitrogens is 2. The third kappa shape index (κ3) is 3.68.